The lowest BCUT2D eigenvalue weighted by molar-refractivity contribution is 0.339. The van der Waals surface area contributed by atoms with E-state index in [-0.39, 0.29) is 0 Å². The highest BCUT2D eigenvalue weighted by atomic mass is 32.2. The van der Waals surface area contributed by atoms with E-state index >= 15 is 0 Å². The van der Waals surface area contributed by atoms with Gasteiger partial charge in [-0.2, -0.15) is 4.99 Å². The molecule has 0 radical (unpaired) electrons. The van der Waals surface area contributed by atoms with Crippen LogP contribution >= 0.6 is 11.8 Å². The van der Waals surface area contributed by atoms with Crippen molar-refractivity contribution in [2.75, 3.05) is 32.4 Å². The number of aliphatic imine (C=N–C) groups is 2. The van der Waals surface area contributed by atoms with Gasteiger partial charge in [0.2, 0.25) is 5.96 Å². The molecule has 21 heavy (non-hydrogen) atoms. The standard InChI is InChI=1S/C16H22N4S/c1-19-12-13-21-16(19)18-15(20-10-6-3-7-11-20)17-14-8-4-2-5-9-14/h2,4-5,8-9H,3,6-7,10-13H2,1H3. The molecule has 0 aromatic heterocycles. The second kappa shape index (κ2) is 6.98. The fraction of sp³-hybridized carbons (Fsp3) is 0.500. The summed E-state index contributed by atoms with van der Waals surface area (Å²) in [4.78, 5) is 14.2. The molecule has 0 bridgehead atoms. The first-order chi connectivity index (χ1) is 10.3. The highest BCUT2D eigenvalue weighted by molar-refractivity contribution is 8.14. The van der Waals surface area contributed by atoms with Crippen molar-refractivity contribution in [1.29, 1.82) is 0 Å². The molecule has 0 saturated carbocycles. The summed E-state index contributed by atoms with van der Waals surface area (Å²) in [5.41, 5.74) is 0.980. The molecule has 2 aliphatic heterocycles. The van der Waals surface area contributed by atoms with Crippen LogP contribution in [0, 0.1) is 0 Å². The Hall–Kier alpha value is -1.49. The van der Waals surface area contributed by atoms with Gasteiger partial charge in [0.1, 0.15) is 0 Å². The maximum absolute atomic E-state index is 4.86. The molecule has 0 amide bonds. The molecule has 2 heterocycles. The molecule has 1 aromatic carbocycles. The van der Waals surface area contributed by atoms with Crippen molar-refractivity contribution in [3.63, 3.8) is 0 Å². The number of hydrogen-bond acceptors (Lipinski definition) is 2. The topological polar surface area (TPSA) is 31.2 Å². The first kappa shape index (κ1) is 14.4. The number of likely N-dealkylation sites (tertiary alicyclic amines) is 1. The van der Waals surface area contributed by atoms with Gasteiger partial charge in [0, 0.05) is 32.4 Å². The molecule has 0 atom stereocenters. The molecule has 2 saturated heterocycles. The second-order valence-electron chi connectivity index (χ2n) is 5.46. The summed E-state index contributed by atoms with van der Waals surface area (Å²) < 4.78 is 0. The van der Waals surface area contributed by atoms with Crippen molar-refractivity contribution in [1.82, 2.24) is 9.80 Å². The van der Waals surface area contributed by atoms with Crippen LogP contribution in [0.4, 0.5) is 5.69 Å². The highest BCUT2D eigenvalue weighted by Crippen LogP contribution is 2.20. The van der Waals surface area contributed by atoms with Crippen molar-refractivity contribution in [2.24, 2.45) is 9.98 Å². The number of thioether (sulfide) groups is 1. The number of hydrogen-bond donors (Lipinski definition) is 0. The largest absolute Gasteiger partial charge is 0.353 e. The summed E-state index contributed by atoms with van der Waals surface area (Å²) in [5, 5.41) is 1.09. The van der Waals surface area contributed by atoms with Gasteiger partial charge in [0.15, 0.2) is 5.17 Å². The molecule has 2 fully saturated rings. The highest BCUT2D eigenvalue weighted by Gasteiger charge is 2.20. The average molecular weight is 302 g/mol. The minimum Gasteiger partial charge on any atom is -0.353 e. The van der Waals surface area contributed by atoms with Gasteiger partial charge in [-0.25, -0.2) is 4.99 Å². The fourth-order valence-corrected chi connectivity index (χ4v) is 3.57. The van der Waals surface area contributed by atoms with Gasteiger partial charge in [0.05, 0.1) is 5.69 Å². The number of nitrogens with zero attached hydrogens (tertiary/aromatic N) is 4. The van der Waals surface area contributed by atoms with Crippen LogP contribution in [0.3, 0.4) is 0 Å². The molecule has 3 rings (SSSR count). The SMILES string of the molecule is CN1CCSC1=NC(=Nc1ccccc1)N1CCCCC1. The maximum atomic E-state index is 4.86. The van der Waals surface area contributed by atoms with Gasteiger partial charge < -0.3 is 9.80 Å². The number of amidine groups is 1. The number of benzene rings is 1. The Morgan fingerprint density at radius 1 is 1.05 bits per heavy atom. The lowest BCUT2D eigenvalue weighted by atomic mass is 10.1. The van der Waals surface area contributed by atoms with E-state index in [4.69, 9.17) is 9.98 Å². The lowest BCUT2D eigenvalue weighted by Crippen LogP contribution is -2.35. The zero-order chi connectivity index (χ0) is 14.5. The van der Waals surface area contributed by atoms with Crippen LogP contribution in [0.15, 0.2) is 40.3 Å². The molecular weight excluding hydrogens is 280 g/mol. The second-order valence-corrected chi connectivity index (χ2v) is 6.52. The van der Waals surface area contributed by atoms with Gasteiger partial charge in [-0.3, -0.25) is 0 Å². The zero-order valence-electron chi connectivity index (χ0n) is 12.5. The van der Waals surface area contributed by atoms with Crippen LogP contribution in [0.5, 0.6) is 0 Å². The number of rotatable bonds is 1. The Bertz CT molecular complexity index is 520. The molecule has 4 nitrogen and oxygen atoms in total. The molecular formula is C16H22N4S. The van der Waals surface area contributed by atoms with Crippen LogP contribution in [-0.2, 0) is 0 Å². The van der Waals surface area contributed by atoms with Gasteiger partial charge in [0.25, 0.3) is 0 Å². The van der Waals surface area contributed by atoms with E-state index in [0.29, 0.717) is 0 Å². The van der Waals surface area contributed by atoms with Gasteiger partial charge in [-0.05, 0) is 31.4 Å². The summed E-state index contributed by atoms with van der Waals surface area (Å²) >= 11 is 1.82. The number of piperidine rings is 1. The number of para-hydroxylation sites is 1. The molecule has 5 heteroatoms. The third-order valence-corrected chi connectivity index (χ3v) is 4.85. The lowest BCUT2D eigenvalue weighted by Gasteiger charge is -2.28. The summed E-state index contributed by atoms with van der Waals surface area (Å²) in [6.07, 6.45) is 3.80. The van der Waals surface area contributed by atoms with Crippen molar-refractivity contribution in [2.45, 2.75) is 19.3 Å². The normalized spacial score (nSPS) is 22.1. The fourth-order valence-electron chi connectivity index (χ4n) is 2.56. The van der Waals surface area contributed by atoms with E-state index < -0.39 is 0 Å². The van der Waals surface area contributed by atoms with Crippen molar-refractivity contribution in [3.8, 4) is 0 Å². The third kappa shape index (κ3) is 3.79. The summed E-state index contributed by atoms with van der Waals surface area (Å²) in [5.74, 6) is 1.99. The molecule has 2 aliphatic rings. The number of guanidine groups is 1. The van der Waals surface area contributed by atoms with E-state index in [1.807, 2.05) is 42.1 Å². The minimum absolute atomic E-state index is 0.872. The minimum atomic E-state index is 0.872. The Kier molecular flexibility index (Phi) is 4.80. The van der Waals surface area contributed by atoms with Crippen LogP contribution in [0.25, 0.3) is 0 Å². The van der Waals surface area contributed by atoms with E-state index in [9.17, 15) is 0 Å². The molecule has 1 aromatic rings. The molecule has 0 unspecified atom stereocenters. The third-order valence-electron chi connectivity index (χ3n) is 3.80. The Labute approximate surface area is 131 Å². The summed E-state index contributed by atoms with van der Waals surface area (Å²) in [6, 6.07) is 10.1. The Balaban J connectivity index is 1.88. The van der Waals surface area contributed by atoms with Crippen molar-refractivity contribution >= 4 is 28.6 Å². The van der Waals surface area contributed by atoms with E-state index in [1.54, 1.807) is 0 Å². The van der Waals surface area contributed by atoms with Gasteiger partial charge in [-0.15, -0.1) is 0 Å². The zero-order valence-corrected chi connectivity index (χ0v) is 13.4. The quantitative estimate of drug-likeness (QED) is 0.590. The van der Waals surface area contributed by atoms with Gasteiger partial charge in [-0.1, -0.05) is 30.0 Å². The Morgan fingerprint density at radius 3 is 2.48 bits per heavy atom. The molecule has 0 spiro atoms. The van der Waals surface area contributed by atoms with Crippen LogP contribution < -0.4 is 0 Å². The smallest absolute Gasteiger partial charge is 0.228 e. The molecule has 0 aliphatic carbocycles. The molecule has 0 N–H and O–H groups in total. The summed E-state index contributed by atoms with van der Waals surface area (Å²) in [7, 11) is 2.11. The van der Waals surface area contributed by atoms with E-state index in [1.165, 1.54) is 19.3 Å². The van der Waals surface area contributed by atoms with E-state index in [0.717, 1.165) is 42.2 Å². The van der Waals surface area contributed by atoms with Crippen LogP contribution in [-0.4, -0.2) is 53.4 Å². The summed E-state index contributed by atoms with van der Waals surface area (Å²) in [6.45, 7) is 3.20. The monoisotopic (exact) mass is 302 g/mol. The van der Waals surface area contributed by atoms with Crippen LogP contribution in [0.2, 0.25) is 0 Å². The first-order valence-electron chi connectivity index (χ1n) is 7.64. The first-order valence-corrected chi connectivity index (χ1v) is 8.63. The van der Waals surface area contributed by atoms with Crippen molar-refractivity contribution in [3.05, 3.63) is 30.3 Å². The maximum Gasteiger partial charge on any atom is 0.228 e. The van der Waals surface area contributed by atoms with E-state index in [2.05, 4.69) is 16.8 Å². The van der Waals surface area contributed by atoms with Gasteiger partial charge >= 0.3 is 0 Å². The van der Waals surface area contributed by atoms with Crippen molar-refractivity contribution < 1.29 is 0 Å². The van der Waals surface area contributed by atoms with Crippen LogP contribution in [0.1, 0.15) is 19.3 Å². The predicted molar refractivity (Wildman–Crippen MR) is 91.5 cm³/mol. The molecule has 112 valence electrons. The average Bonchev–Trinajstić information content (AvgIpc) is 2.94. The predicted octanol–water partition coefficient (Wildman–Crippen LogP) is 3.19. The Morgan fingerprint density at radius 2 is 1.81 bits per heavy atom.